The fourth-order valence-electron chi connectivity index (χ4n) is 1.74. The molecule has 1 aromatic carbocycles. The number of hydrogen-bond donors (Lipinski definition) is 0. The summed E-state index contributed by atoms with van der Waals surface area (Å²) in [6, 6.07) is 4.18. The van der Waals surface area contributed by atoms with Crippen LogP contribution in [0, 0.1) is 19.8 Å². The molecule has 0 saturated heterocycles. The Balaban J connectivity index is 2.54. The molecule has 0 fully saturated rings. The van der Waals surface area contributed by atoms with Crippen molar-refractivity contribution in [2.24, 2.45) is 5.92 Å². The molecule has 0 bridgehead atoms. The van der Waals surface area contributed by atoms with Gasteiger partial charge in [-0.1, -0.05) is 26.0 Å². The summed E-state index contributed by atoms with van der Waals surface area (Å²) in [5.41, 5.74) is 4.32. The Morgan fingerprint density at radius 2 is 1.87 bits per heavy atom. The van der Waals surface area contributed by atoms with Gasteiger partial charge in [0.1, 0.15) is 5.52 Å². The van der Waals surface area contributed by atoms with Gasteiger partial charge >= 0.3 is 0 Å². The molecule has 0 atom stereocenters. The van der Waals surface area contributed by atoms with Crippen molar-refractivity contribution in [1.29, 1.82) is 0 Å². The van der Waals surface area contributed by atoms with E-state index in [0.29, 0.717) is 5.92 Å². The van der Waals surface area contributed by atoms with Gasteiger partial charge < -0.3 is 4.42 Å². The van der Waals surface area contributed by atoms with Crippen molar-refractivity contribution in [3.63, 3.8) is 0 Å². The van der Waals surface area contributed by atoms with Gasteiger partial charge in [-0.05, 0) is 30.9 Å². The molecule has 1 aromatic heterocycles. The second kappa shape index (κ2) is 3.69. The molecule has 2 aromatic rings. The Hall–Kier alpha value is -1.31. The normalized spacial score (nSPS) is 11.5. The van der Waals surface area contributed by atoms with Crippen LogP contribution in [-0.4, -0.2) is 4.98 Å². The van der Waals surface area contributed by atoms with E-state index in [-0.39, 0.29) is 0 Å². The third-order valence-electron chi connectivity index (χ3n) is 2.57. The van der Waals surface area contributed by atoms with E-state index in [0.717, 1.165) is 29.0 Å². The molecule has 0 aliphatic carbocycles. The molecule has 0 spiro atoms. The number of benzene rings is 1. The summed E-state index contributed by atoms with van der Waals surface area (Å²) >= 11 is 0. The molecule has 0 aliphatic heterocycles. The van der Waals surface area contributed by atoms with Crippen LogP contribution in [0.25, 0.3) is 11.1 Å². The number of fused-ring (bicyclic) bond motifs is 1. The molecule has 0 unspecified atom stereocenters. The minimum atomic E-state index is 0.582. The largest absolute Gasteiger partial charge is 0.440 e. The first-order valence-electron chi connectivity index (χ1n) is 5.43. The molecule has 2 nitrogen and oxygen atoms in total. The summed E-state index contributed by atoms with van der Waals surface area (Å²) in [5.74, 6) is 1.44. The summed E-state index contributed by atoms with van der Waals surface area (Å²) in [7, 11) is 0. The lowest BCUT2D eigenvalue weighted by Crippen LogP contribution is -1.93. The van der Waals surface area contributed by atoms with Crippen LogP contribution in [0.4, 0.5) is 0 Å². The zero-order valence-corrected chi connectivity index (χ0v) is 9.79. The van der Waals surface area contributed by atoms with E-state index in [1.165, 1.54) is 5.56 Å². The van der Waals surface area contributed by atoms with Crippen molar-refractivity contribution >= 4 is 11.1 Å². The molecule has 0 radical (unpaired) electrons. The molecule has 2 rings (SSSR count). The van der Waals surface area contributed by atoms with Crippen LogP contribution in [0.2, 0.25) is 0 Å². The molecular formula is C13H17NO. The molecule has 2 heteroatoms. The van der Waals surface area contributed by atoms with Gasteiger partial charge in [0.05, 0.1) is 0 Å². The Bertz CT molecular complexity index is 443. The average Bonchev–Trinajstić information content (AvgIpc) is 2.55. The van der Waals surface area contributed by atoms with Gasteiger partial charge in [0.25, 0.3) is 0 Å². The van der Waals surface area contributed by atoms with Crippen molar-refractivity contribution < 1.29 is 4.42 Å². The van der Waals surface area contributed by atoms with E-state index in [1.807, 2.05) is 0 Å². The molecule has 1 heterocycles. The first kappa shape index (κ1) is 10.2. The molecular weight excluding hydrogens is 186 g/mol. The Morgan fingerprint density at radius 1 is 1.20 bits per heavy atom. The highest BCUT2D eigenvalue weighted by Crippen LogP contribution is 2.23. The van der Waals surface area contributed by atoms with Gasteiger partial charge in [-0.15, -0.1) is 0 Å². The maximum Gasteiger partial charge on any atom is 0.195 e. The predicted molar refractivity (Wildman–Crippen MR) is 62.0 cm³/mol. The summed E-state index contributed by atoms with van der Waals surface area (Å²) in [6.45, 7) is 8.48. The fraction of sp³-hybridized carbons (Fsp3) is 0.462. The smallest absolute Gasteiger partial charge is 0.195 e. The molecule has 80 valence electrons. The SMILES string of the molecule is Cc1ccc(C)c2oc(CC(C)C)nc12. The maximum atomic E-state index is 5.78. The molecule has 0 N–H and O–H groups in total. The summed E-state index contributed by atoms with van der Waals surface area (Å²) < 4.78 is 5.78. The number of oxazole rings is 1. The predicted octanol–water partition coefficient (Wildman–Crippen LogP) is 3.64. The average molecular weight is 203 g/mol. The molecule has 0 amide bonds. The lowest BCUT2D eigenvalue weighted by Gasteiger charge is -1.97. The van der Waals surface area contributed by atoms with Gasteiger partial charge in [-0.3, -0.25) is 0 Å². The van der Waals surface area contributed by atoms with Crippen LogP contribution in [0.1, 0.15) is 30.9 Å². The highest BCUT2D eigenvalue weighted by molar-refractivity contribution is 5.79. The summed E-state index contributed by atoms with van der Waals surface area (Å²) in [6.07, 6.45) is 0.910. The van der Waals surface area contributed by atoms with Crippen LogP contribution in [0.5, 0.6) is 0 Å². The standard InChI is InChI=1S/C13H17NO/c1-8(2)7-11-14-12-9(3)5-6-10(4)13(12)15-11/h5-6,8H,7H2,1-4H3. The second-order valence-electron chi connectivity index (χ2n) is 4.58. The van der Waals surface area contributed by atoms with E-state index < -0.39 is 0 Å². The lowest BCUT2D eigenvalue weighted by molar-refractivity contribution is 0.481. The van der Waals surface area contributed by atoms with E-state index in [2.05, 4.69) is 44.8 Å². The third kappa shape index (κ3) is 1.89. The van der Waals surface area contributed by atoms with Crippen LogP contribution >= 0.6 is 0 Å². The Kier molecular flexibility index (Phi) is 2.51. The zero-order chi connectivity index (χ0) is 11.0. The first-order valence-corrected chi connectivity index (χ1v) is 5.43. The highest BCUT2D eigenvalue weighted by atomic mass is 16.3. The molecule has 15 heavy (non-hydrogen) atoms. The Labute approximate surface area is 90.3 Å². The maximum absolute atomic E-state index is 5.78. The van der Waals surface area contributed by atoms with Crippen molar-refractivity contribution in [1.82, 2.24) is 4.98 Å². The lowest BCUT2D eigenvalue weighted by atomic mass is 10.1. The minimum Gasteiger partial charge on any atom is -0.440 e. The number of hydrogen-bond acceptors (Lipinski definition) is 2. The van der Waals surface area contributed by atoms with E-state index in [4.69, 9.17) is 4.42 Å². The number of aryl methyl sites for hydroxylation is 2. The third-order valence-corrected chi connectivity index (χ3v) is 2.57. The van der Waals surface area contributed by atoms with Crippen molar-refractivity contribution in [2.45, 2.75) is 34.1 Å². The first-order chi connectivity index (χ1) is 7.08. The topological polar surface area (TPSA) is 26.0 Å². The minimum absolute atomic E-state index is 0.582. The van der Waals surface area contributed by atoms with Crippen molar-refractivity contribution in [2.75, 3.05) is 0 Å². The second-order valence-corrected chi connectivity index (χ2v) is 4.58. The van der Waals surface area contributed by atoms with Crippen LogP contribution in [0.3, 0.4) is 0 Å². The quantitative estimate of drug-likeness (QED) is 0.744. The monoisotopic (exact) mass is 203 g/mol. The molecule has 0 saturated carbocycles. The Morgan fingerprint density at radius 3 is 2.47 bits per heavy atom. The van der Waals surface area contributed by atoms with E-state index in [1.54, 1.807) is 0 Å². The van der Waals surface area contributed by atoms with Gasteiger partial charge in [-0.2, -0.15) is 0 Å². The van der Waals surface area contributed by atoms with Gasteiger partial charge in [0.2, 0.25) is 0 Å². The number of rotatable bonds is 2. The van der Waals surface area contributed by atoms with Crippen molar-refractivity contribution in [3.05, 3.63) is 29.2 Å². The van der Waals surface area contributed by atoms with Crippen LogP contribution in [-0.2, 0) is 6.42 Å². The number of nitrogens with zero attached hydrogens (tertiary/aromatic N) is 1. The van der Waals surface area contributed by atoms with Gasteiger partial charge in [0, 0.05) is 6.42 Å². The fourth-order valence-corrected chi connectivity index (χ4v) is 1.74. The van der Waals surface area contributed by atoms with Crippen LogP contribution in [0.15, 0.2) is 16.5 Å². The van der Waals surface area contributed by atoms with Crippen molar-refractivity contribution in [3.8, 4) is 0 Å². The van der Waals surface area contributed by atoms with E-state index in [9.17, 15) is 0 Å². The van der Waals surface area contributed by atoms with Crippen LogP contribution < -0.4 is 0 Å². The zero-order valence-electron chi connectivity index (χ0n) is 9.79. The van der Waals surface area contributed by atoms with E-state index >= 15 is 0 Å². The highest BCUT2D eigenvalue weighted by Gasteiger charge is 2.10. The summed E-state index contributed by atoms with van der Waals surface area (Å²) in [5, 5.41) is 0. The molecule has 0 aliphatic rings. The summed E-state index contributed by atoms with van der Waals surface area (Å²) in [4.78, 5) is 4.55. The number of aromatic nitrogens is 1. The van der Waals surface area contributed by atoms with Gasteiger partial charge in [0.15, 0.2) is 11.5 Å². The van der Waals surface area contributed by atoms with Gasteiger partial charge in [-0.25, -0.2) is 4.98 Å².